The molecule has 1 saturated carbocycles. The number of fused-ring (bicyclic) bond motifs is 2. The first-order chi connectivity index (χ1) is 15.7. The lowest BCUT2D eigenvalue weighted by Crippen LogP contribution is -2.44. The van der Waals surface area contributed by atoms with Gasteiger partial charge in [0.25, 0.3) is 5.91 Å². The Morgan fingerprint density at radius 1 is 0.969 bits per heavy atom. The highest BCUT2D eigenvalue weighted by molar-refractivity contribution is 5.95. The monoisotopic (exact) mass is 438 g/mol. The van der Waals surface area contributed by atoms with Gasteiger partial charge >= 0.3 is 0 Å². The molecule has 2 aromatic rings. The van der Waals surface area contributed by atoms with Gasteiger partial charge in [0.05, 0.1) is 25.3 Å². The van der Waals surface area contributed by atoms with Gasteiger partial charge in [-0.15, -0.1) is 0 Å². The average Bonchev–Trinajstić information content (AvgIpc) is 3.60. The van der Waals surface area contributed by atoms with Crippen LogP contribution in [0.2, 0.25) is 0 Å². The van der Waals surface area contributed by atoms with Crippen LogP contribution in [0.15, 0.2) is 30.5 Å². The van der Waals surface area contributed by atoms with Crippen molar-refractivity contribution in [3.05, 3.63) is 41.7 Å². The average molecular weight is 438 g/mol. The van der Waals surface area contributed by atoms with Crippen LogP contribution in [0.1, 0.15) is 47.7 Å². The van der Waals surface area contributed by atoms with Gasteiger partial charge in [0.1, 0.15) is 12.2 Å². The molecule has 1 aliphatic carbocycles. The second kappa shape index (κ2) is 8.22. The smallest absolute Gasteiger partial charge is 0.251 e. The number of aromatic nitrogens is 2. The first-order valence-electron chi connectivity index (χ1n) is 11.3. The number of nitrogens with zero attached hydrogens (tertiary/aromatic N) is 2. The summed E-state index contributed by atoms with van der Waals surface area (Å²) in [6, 6.07) is 6.89. The normalized spacial score (nSPS) is 28.6. The van der Waals surface area contributed by atoms with Gasteiger partial charge < -0.3 is 29.6 Å². The van der Waals surface area contributed by atoms with E-state index in [4.69, 9.17) is 23.9 Å². The first-order valence-corrected chi connectivity index (χ1v) is 11.3. The second-order valence-electron chi connectivity index (χ2n) is 8.78. The zero-order valence-electron chi connectivity index (χ0n) is 17.7. The Morgan fingerprint density at radius 2 is 1.75 bits per heavy atom. The van der Waals surface area contributed by atoms with Crippen LogP contribution in [0.5, 0.6) is 11.5 Å². The lowest BCUT2D eigenvalue weighted by molar-refractivity contribution is 0.0652. The minimum Gasteiger partial charge on any atom is -0.454 e. The lowest BCUT2D eigenvalue weighted by atomic mass is 10.0. The highest BCUT2D eigenvalue weighted by Gasteiger charge is 2.48. The number of carbonyl (C=O) groups excluding carboxylic acids is 1. The van der Waals surface area contributed by atoms with Crippen LogP contribution in [0.3, 0.4) is 0 Å². The number of hydrogen-bond donors (Lipinski definition) is 2. The van der Waals surface area contributed by atoms with E-state index in [2.05, 4.69) is 15.6 Å². The molecule has 1 amide bonds. The summed E-state index contributed by atoms with van der Waals surface area (Å²) in [6.07, 6.45) is 6.36. The summed E-state index contributed by atoms with van der Waals surface area (Å²) in [5.41, 5.74) is 1.62. The molecule has 9 nitrogen and oxygen atoms in total. The SMILES string of the molecule is O=C(N[C@H]1CO[C@H]2[C@@H]1OC[C@@H]2Nc1nccc(C2CCCC2)n1)c1ccc2c(c1)OCO2. The molecular formula is C23H26N4O5. The molecule has 0 radical (unpaired) electrons. The van der Waals surface area contributed by atoms with Crippen molar-refractivity contribution in [1.29, 1.82) is 0 Å². The van der Waals surface area contributed by atoms with Crippen molar-refractivity contribution in [3.8, 4) is 11.5 Å². The lowest BCUT2D eigenvalue weighted by Gasteiger charge is -2.19. The van der Waals surface area contributed by atoms with Gasteiger partial charge in [-0.1, -0.05) is 12.8 Å². The van der Waals surface area contributed by atoms with E-state index in [0.29, 0.717) is 42.1 Å². The molecule has 4 aliphatic rings. The van der Waals surface area contributed by atoms with Gasteiger partial charge in [0.2, 0.25) is 12.7 Å². The van der Waals surface area contributed by atoms with Gasteiger partial charge in [0.15, 0.2) is 11.5 Å². The fourth-order valence-electron chi connectivity index (χ4n) is 5.09. The van der Waals surface area contributed by atoms with Gasteiger partial charge in [-0.2, -0.15) is 0 Å². The fourth-order valence-corrected chi connectivity index (χ4v) is 5.09. The molecule has 0 bridgehead atoms. The topological polar surface area (TPSA) is 104 Å². The summed E-state index contributed by atoms with van der Waals surface area (Å²) in [6.45, 7) is 1.05. The molecule has 1 aromatic heterocycles. The van der Waals surface area contributed by atoms with Crippen LogP contribution in [0, 0.1) is 0 Å². The van der Waals surface area contributed by atoms with Crippen LogP contribution in [0.25, 0.3) is 0 Å². The summed E-state index contributed by atoms with van der Waals surface area (Å²) in [4.78, 5) is 21.9. The quantitative estimate of drug-likeness (QED) is 0.733. The van der Waals surface area contributed by atoms with Crippen molar-refractivity contribution >= 4 is 11.9 Å². The third-order valence-electron chi connectivity index (χ3n) is 6.77. The van der Waals surface area contributed by atoms with Crippen LogP contribution in [-0.4, -0.2) is 60.2 Å². The van der Waals surface area contributed by atoms with E-state index in [-0.39, 0.29) is 37.0 Å². The Bertz CT molecular complexity index is 1010. The molecule has 3 aliphatic heterocycles. The van der Waals surface area contributed by atoms with Gasteiger partial charge in [-0.25, -0.2) is 9.97 Å². The zero-order valence-corrected chi connectivity index (χ0v) is 17.7. The Balaban J connectivity index is 1.09. The maximum Gasteiger partial charge on any atom is 0.251 e. The number of nitrogens with one attached hydrogen (secondary N) is 2. The van der Waals surface area contributed by atoms with Crippen molar-refractivity contribution < 1.29 is 23.7 Å². The molecular weight excluding hydrogens is 412 g/mol. The maximum atomic E-state index is 12.8. The van der Waals surface area contributed by atoms with E-state index in [9.17, 15) is 4.79 Å². The van der Waals surface area contributed by atoms with E-state index in [1.165, 1.54) is 25.7 Å². The van der Waals surface area contributed by atoms with Gasteiger partial charge in [-0.05, 0) is 37.1 Å². The molecule has 4 heterocycles. The molecule has 3 fully saturated rings. The third-order valence-corrected chi connectivity index (χ3v) is 6.77. The minimum absolute atomic E-state index is 0.0636. The first kappa shape index (κ1) is 19.8. The number of benzene rings is 1. The molecule has 2 N–H and O–H groups in total. The predicted molar refractivity (Wildman–Crippen MR) is 114 cm³/mol. The number of rotatable bonds is 5. The van der Waals surface area contributed by atoms with Gasteiger partial charge in [0, 0.05) is 23.4 Å². The van der Waals surface area contributed by atoms with Crippen LogP contribution < -0.4 is 20.1 Å². The van der Waals surface area contributed by atoms with E-state index >= 15 is 0 Å². The fraction of sp³-hybridized carbons (Fsp3) is 0.522. The standard InChI is InChI=1S/C23H26N4O5/c28-22(14-5-6-18-19(9-14)32-12-31-18)25-16-10-29-21-17(11-30-20(16)21)27-23-24-8-7-15(26-23)13-3-1-2-4-13/h5-9,13,16-17,20-21H,1-4,10-12H2,(H,25,28)(H,24,26,27)/t16-,17-,20+,21+/m0/s1. The van der Waals surface area contributed by atoms with Crippen LogP contribution >= 0.6 is 0 Å². The Hall–Kier alpha value is -2.91. The molecule has 4 atom stereocenters. The summed E-state index contributed by atoms with van der Waals surface area (Å²) in [5.74, 6) is 2.19. The van der Waals surface area contributed by atoms with E-state index in [1.807, 2.05) is 12.3 Å². The van der Waals surface area contributed by atoms with Crippen molar-refractivity contribution in [2.75, 3.05) is 25.3 Å². The highest BCUT2D eigenvalue weighted by Crippen LogP contribution is 2.34. The summed E-state index contributed by atoms with van der Waals surface area (Å²) < 4.78 is 22.7. The van der Waals surface area contributed by atoms with Gasteiger partial charge in [-0.3, -0.25) is 4.79 Å². The molecule has 0 spiro atoms. The van der Waals surface area contributed by atoms with Crippen molar-refractivity contribution in [2.24, 2.45) is 0 Å². The number of hydrogen-bond acceptors (Lipinski definition) is 8. The van der Waals surface area contributed by atoms with Crippen molar-refractivity contribution in [1.82, 2.24) is 15.3 Å². The molecule has 2 saturated heterocycles. The predicted octanol–water partition coefficient (Wildman–Crippen LogP) is 2.24. The molecule has 0 unspecified atom stereocenters. The largest absolute Gasteiger partial charge is 0.454 e. The van der Waals surface area contributed by atoms with E-state index < -0.39 is 0 Å². The molecule has 32 heavy (non-hydrogen) atoms. The van der Waals surface area contributed by atoms with Crippen LogP contribution in [0.4, 0.5) is 5.95 Å². The van der Waals surface area contributed by atoms with Crippen LogP contribution in [-0.2, 0) is 9.47 Å². The minimum atomic E-state index is -0.226. The molecule has 168 valence electrons. The Morgan fingerprint density at radius 3 is 2.62 bits per heavy atom. The van der Waals surface area contributed by atoms with E-state index in [1.54, 1.807) is 18.2 Å². The summed E-state index contributed by atoms with van der Waals surface area (Å²) in [5, 5.41) is 6.44. The second-order valence-corrected chi connectivity index (χ2v) is 8.78. The number of ether oxygens (including phenoxy) is 4. The van der Waals surface area contributed by atoms with Crippen molar-refractivity contribution in [3.63, 3.8) is 0 Å². The summed E-state index contributed by atoms with van der Waals surface area (Å²) in [7, 11) is 0. The molecule has 6 rings (SSSR count). The molecule has 1 aromatic carbocycles. The maximum absolute atomic E-state index is 12.8. The Labute approximate surface area is 185 Å². The highest BCUT2D eigenvalue weighted by atomic mass is 16.7. The zero-order chi connectivity index (χ0) is 21.5. The van der Waals surface area contributed by atoms with Crippen molar-refractivity contribution in [2.45, 2.75) is 55.9 Å². The van der Waals surface area contributed by atoms with E-state index in [0.717, 1.165) is 5.69 Å². The number of amides is 1. The Kier molecular flexibility index (Phi) is 5.07. The third kappa shape index (κ3) is 3.65. The number of anilines is 1. The summed E-state index contributed by atoms with van der Waals surface area (Å²) >= 11 is 0. The molecule has 9 heteroatoms. The number of carbonyl (C=O) groups is 1.